The second-order valence-corrected chi connectivity index (χ2v) is 5.67. The maximum atomic E-state index is 12.2. The number of aromatic nitrogens is 1. The number of thiazole rings is 1. The molecule has 0 atom stereocenters. The van der Waals surface area contributed by atoms with E-state index in [1.165, 1.54) is 35.2 Å². The standard InChI is InChI=1S/C11H8N2O5S2/c14-9(11-12-5-6-19-11)7-3-1-2-4-8(7)10(15)13-20(16,17)18/h1-6H,(H,13,15)(H,16,17,18). The van der Waals surface area contributed by atoms with Crippen LogP contribution in [0.25, 0.3) is 0 Å². The second-order valence-electron chi connectivity index (χ2n) is 3.62. The highest BCUT2D eigenvalue weighted by Gasteiger charge is 2.21. The Morgan fingerprint density at radius 3 is 2.40 bits per heavy atom. The predicted molar refractivity (Wildman–Crippen MR) is 71.0 cm³/mol. The Balaban J connectivity index is 2.41. The summed E-state index contributed by atoms with van der Waals surface area (Å²) in [7, 11) is -4.69. The number of nitrogens with one attached hydrogen (secondary N) is 1. The summed E-state index contributed by atoms with van der Waals surface area (Å²) >= 11 is 1.10. The molecule has 1 amide bonds. The molecule has 1 aromatic carbocycles. The molecule has 7 nitrogen and oxygen atoms in total. The number of rotatable bonds is 4. The molecule has 1 aromatic heterocycles. The smallest absolute Gasteiger partial charge is 0.286 e. The van der Waals surface area contributed by atoms with Crippen LogP contribution in [0.4, 0.5) is 0 Å². The normalized spacial score (nSPS) is 11.1. The van der Waals surface area contributed by atoms with Gasteiger partial charge in [-0.1, -0.05) is 18.2 Å². The Labute approximate surface area is 118 Å². The lowest BCUT2D eigenvalue weighted by Crippen LogP contribution is -2.31. The van der Waals surface area contributed by atoms with E-state index in [1.807, 2.05) is 0 Å². The lowest BCUT2D eigenvalue weighted by Gasteiger charge is -2.06. The van der Waals surface area contributed by atoms with Gasteiger partial charge >= 0.3 is 10.3 Å². The first-order valence-corrected chi connectivity index (χ1v) is 7.53. The molecule has 0 spiro atoms. The molecule has 104 valence electrons. The zero-order chi connectivity index (χ0) is 14.8. The van der Waals surface area contributed by atoms with Crippen molar-refractivity contribution in [2.24, 2.45) is 0 Å². The van der Waals surface area contributed by atoms with Crippen LogP contribution in [-0.4, -0.2) is 29.6 Å². The molecule has 0 saturated heterocycles. The van der Waals surface area contributed by atoms with Gasteiger partial charge in [0.15, 0.2) is 5.01 Å². The molecule has 0 bridgehead atoms. The zero-order valence-corrected chi connectivity index (χ0v) is 11.4. The minimum atomic E-state index is -4.69. The molecule has 2 aromatic rings. The number of amides is 1. The lowest BCUT2D eigenvalue weighted by atomic mass is 10.0. The number of hydrogen-bond acceptors (Lipinski definition) is 6. The van der Waals surface area contributed by atoms with E-state index >= 15 is 0 Å². The van der Waals surface area contributed by atoms with E-state index in [1.54, 1.807) is 5.38 Å². The van der Waals surface area contributed by atoms with Gasteiger partial charge in [-0.2, -0.15) is 8.42 Å². The fourth-order valence-electron chi connectivity index (χ4n) is 1.50. The maximum absolute atomic E-state index is 12.2. The van der Waals surface area contributed by atoms with Crippen molar-refractivity contribution in [3.05, 3.63) is 52.0 Å². The first kappa shape index (κ1) is 14.3. The van der Waals surface area contributed by atoms with Crippen molar-refractivity contribution in [3.8, 4) is 0 Å². The first-order chi connectivity index (χ1) is 9.38. The van der Waals surface area contributed by atoms with E-state index in [4.69, 9.17) is 4.55 Å². The fraction of sp³-hybridized carbons (Fsp3) is 0. The van der Waals surface area contributed by atoms with Crippen LogP contribution in [0.1, 0.15) is 25.7 Å². The van der Waals surface area contributed by atoms with Gasteiger partial charge in [0.2, 0.25) is 5.78 Å². The molecule has 1 heterocycles. The van der Waals surface area contributed by atoms with Gasteiger partial charge in [-0.15, -0.1) is 11.3 Å². The molecular weight excluding hydrogens is 304 g/mol. The third-order valence-electron chi connectivity index (χ3n) is 2.26. The highest BCUT2D eigenvalue weighted by molar-refractivity contribution is 7.84. The summed E-state index contributed by atoms with van der Waals surface area (Å²) in [5.74, 6) is -1.59. The molecule has 2 N–H and O–H groups in total. The van der Waals surface area contributed by atoms with Crippen LogP contribution in [0.15, 0.2) is 35.8 Å². The van der Waals surface area contributed by atoms with E-state index in [2.05, 4.69) is 4.98 Å². The molecule has 0 aliphatic carbocycles. The van der Waals surface area contributed by atoms with Crippen LogP contribution in [0.5, 0.6) is 0 Å². The van der Waals surface area contributed by atoms with Crippen LogP contribution in [0.3, 0.4) is 0 Å². The molecule has 20 heavy (non-hydrogen) atoms. The molecular formula is C11H8N2O5S2. The minimum Gasteiger partial charge on any atom is -0.286 e. The Bertz CT molecular complexity index is 753. The third-order valence-corrected chi connectivity index (χ3v) is 3.48. The van der Waals surface area contributed by atoms with Crippen LogP contribution >= 0.6 is 11.3 Å². The largest absolute Gasteiger partial charge is 0.359 e. The Morgan fingerprint density at radius 2 is 1.85 bits per heavy atom. The molecule has 0 saturated carbocycles. The van der Waals surface area contributed by atoms with E-state index in [9.17, 15) is 18.0 Å². The fourth-order valence-corrected chi connectivity index (χ4v) is 2.44. The van der Waals surface area contributed by atoms with Gasteiger partial charge in [0, 0.05) is 17.1 Å². The topological polar surface area (TPSA) is 113 Å². The molecule has 0 fully saturated rings. The van der Waals surface area contributed by atoms with Crippen LogP contribution < -0.4 is 4.72 Å². The van der Waals surface area contributed by atoms with Gasteiger partial charge in [-0.25, -0.2) is 9.71 Å². The van der Waals surface area contributed by atoms with Gasteiger partial charge in [-0.3, -0.25) is 14.1 Å². The number of carbonyl (C=O) groups is 2. The summed E-state index contributed by atoms with van der Waals surface area (Å²) in [6, 6.07) is 5.66. The van der Waals surface area contributed by atoms with Gasteiger partial charge in [0.25, 0.3) is 5.91 Å². The van der Waals surface area contributed by atoms with Crippen molar-refractivity contribution in [1.82, 2.24) is 9.71 Å². The average molecular weight is 312 g/mol. The highest BCUT2D eigenvalue weighted by Crippen LogP contribution is 2.16. The Morgan fingerprint density at radius 1 is 1.20 bits per heavy atom. The number of ketones is 1. The third kappa shape index (κ3) is 3.26. The second kappa shape index (κ2) is 5.49. The average Bonchev–Trinajstić information content (AvgIpc) is 2.89. The number of carbonyl (C=O) groups excluding carboxylic acids is 2. The van der Waals surface area contributed by atoms with Crippen LogP contribution in [-0.2, 0) is 10.3 Å². The summed E-state index contributed by atoms with van der Waals surface area (Å²) in [6.45, 7) is 0. The van der Waals surface area contributed by atoms with Crippen LogP contribution in [0, 0.1) is 0 Å². The van der Waals surface area contributed by atoms with Gasteiger partial charge in [0.05, 0.1) is 5.56 Å². The number of hydrogen-bond donors (Lipinski definition) is 2. The SMILES string of the molecule is O=C(NS(=O)(=O)O)c1ccccc1C(=O)c1nccs1. The predicted octanol–water partition coefficient (Wildman–Crippen LogP) is 0.907. The Kier molecular flexibility index (Phi) is 3.93. The first-order valence-electron chi connectivity index (χ1n) is 5.21. The summed E-state index contributed by atoms with van der Waals surface area (Å²) < 4.78 is 31.3. The number of benzene rings is 1. The van der Waals surface area contributed by atoms with Crippen LogP contribution in [0.2, 0.25) is 0 Å². The molecule has 0 aliphatic heterocycles. The Hall–Kier alpha value is -2.10. The van der Waals surface area contributed by atoms with Crippen molar-refractivity contribution < 1.29 is 22.6 Å². The van der Waals surface area contributed by atoms with Crippen molar-refractivity contribution >= 4 is 33.3 Å². The van der Waals surface area contributed by atoms with Gasteiger partial charge in [-0.05, 0) is 6.07 Å². The number of nitrogens with zero attached hydrogens (tertiary/aromatic N) is 1. The van der Waals surface area contributed by atoms with Crippen molar-refractivity contribution in [2.75, 3.05) is 0 Å². The van der Waals surface area contributed by atoms with E-state index < -0.39 is 22.0 Å². The van der Waals surface area contributed by atoms with Crippen molar-refractivity contribution in [2.45, 2.75) is 0 Å². The summed E-state index contributed by atoms with van der Waals surface area (Å²) in [5.41, 5.74) is -0.158. The van der Waals surface area contributed by atoms with E-state index in [-0.39, 0.29) is 16.1 Å². The molecule has 9 heteroatoms. The van der Waals surface area contributed by atoms with Gasteiger partial charge in [0.1, 0.15) is 0 Å². The lowest BCUT2D eigenvalue weighted by molar-refractivity contribution is 0.0963. The highest BCUT2D eigenvalue weighted by atomic mass is 32.2. The maximum Gasteiger partial charge on any atom is 0.359 e. The van der Waals surface area contributed by atoms with E-state index in [0.29, 0.717) is 0 Å². The molecule has 0 unspecified atom stereocenters. The molecule has 2 rings (SSSR count). The monoisotopic (exact) mass is 312 g/mol. The van der Waals surface area contributed by atoms with Gasteiger partial charge < -0.3 is 0 Å². The minimum absolute atomic E-state index is 0.00333. The summed E-state index contributed by atoms with van der Waals surface area (Å²) in [6.07, 6.45) is 1.44. The molecule has 0 aliphatic rings. The summed E-state index contributed by atoms with van der Waals surface area (Å²) in [4.78, 5) is 27.7. The quantitative estimate of drug-likeness (QED) is 0.640. The van der Waals surface area contributed by atoms with Crippen molar-refractivity contribution in [1.29, 1.82) is 0 Å². The zero-order valence-electron chi connectivity index (χ0n) is 9.81. The van der Waals surface area contributed by atoms with E-state index in [0.717, 1.165) is 11.3 Å². The van der Waals surface area contributed by atoms with Crippen molar-refractivity contribution in [3.63, 3.8) is 0 Å². The molecule has 0 radical (unpaired) electrons. The summed E-state index contributed by atoms with van der Waals surface area (Å²) in [5, 5.41) is 1.78.